The minimum absolute atomic E-state index is 0. The molecule has 0 saturated carbocycles. The minimum atomic E-state index is -3.62. The van der Waals surface area contributed by atoms with Crippen LogP contribution in [0, 0.1) is 17.0 Å². The predicted octanol–water partition coefficient (Wildman–Crippen LogP) is 2.83. The van der Waals surface area contributed by atoms with Crippen molar-refractivity contribution in [1.82, 2.24) is 19.6 Å². The molecule has 2 aromatic heterocycles. The SMILES string of the molecule is CCOC(=O)c1cc(S(C)(=O)=O)n(Cc2ccccc2F)n1.CS(=O)(=O)c1cc(C(=N)N)nn1Cc1ccccc1F.Cl. The lowest BCUT2D eigenvalue weighted by Crippen LogP contribution is -2.14. The van der Waals surface area contributed by atoms with Gasteiger partial charge in [-0.3, -0.25) is 5.41 Å². The van der Waals surface area contributed by atoms with Crippen LogP contribution in [0.15, 0.2) is 70.7 Å². The number of esters is 1. The summed E-state index contributed by atoms with van der Waals surface area (Å²) in [5.41, 5.74) is 5.79. The quantitative estimate of drug-likeness (QED) is 0.155. The van der Waals surface area contributed by atoms with E-state index in [0.717, 1.165) is 27.9 Å². The van der Waals surface area contributed by atoms with Crippen molar-refractivity contribution in [1.29, 1.82) is 5.41 Å². The zero-order valence-corrected chi connectivity index (χ0v) is 25.6. The number of nitrogens with one attached hydrogen (secondary N) is 1. The number of halogens is 3. The maximum absolute atomic E-state index is 13.7. The van der Waals surface area contributed by atoms with Gasteiger partial charge in [-0.25, -0.2) is 39.8 Å². The summed E-state index contributed by atoms with van der Waals surface area (Å²) in [5.74, 6) is -2.00. The van der Waals surface area contributed by atoms with Crippen LogP contribution in [0.5, 0.6) is 0 Å². The monoisotopic (exact) mass is 658 g/mol. The molecule has 0 fully saturated rings. The van der Waals surface area contributed by atoms with Gasteiger partial charge < -0.3 is 10.5 Å². The molecule has 0 radical (unpaired) electrons. The first-order chi connectivity index (χ1) is 19.6. The first-order valence-electron chi connectivity index (χ1n) is 12.2. The minimum Gasteiger partial charge on any atom is -0.461 e. The average molecular weight is 659 g/mol. The summed E-state index contributed by atoms with van der Waals surface area (Å²) in [4.78, 5) is 11.7. The molecule has 0 atom stereocenters. The Kier molecular flexibility index (Phi) is 11.7. The predicted molar refractivity (Wildman–Crippen MR) is 156 cm³/mol. The third kappa shape index (κ3) is 9.17. The third-order valence-corrected chi connectivity index (χ3v) is 7.74. The lowest BCUT2D eigenvalue weighted by molar-refractivity contribution is 0.0518. The molecule has 0 saturated heterocycles. The summed E-state index contributed by atoms with van der Waals surface area (Å²) in [5, 5.41) is 14.9. The summed E-state index contributed by atoms with van der Waals surface area (Å²) in [6, 6.07) is 14.3. The van der Waals surface area contributed by atoms with E-state index in [4.69, 9.17) is 15.9 Å². The highest BCUT2D eigenvalue weighted by Crippen LogP contribution is 2.17. The van der Waals surface area contributed by atoms with Gasteiger partial charge in [-0.05, 0) is 19.1 Å². The van der Waals surface area contributed by atoms with E-state index >= 15 is 0 Å². The number of nitrogens with zero attached hydrogens (tertiary/aromatic N) is 4. The van der Waals surface area contributed by atoms with Gasteiger partial charge in [0.25, 0.3) is 0 Å². The van der Waals surface area contributed by atoms with Crippen molar-refractivity contribution in [3.63, 3.8) is 0 Å². The van der Waals surface area contributed by atoms with Gasteiger partial charge >= 0.3 is 5.97 Å². The first-order valence-corrected chi connectivity index (χ1v) is 15.9. The summed E-state index contributed by atoms with van der Waals surface area (Å²) >= 11 is 0. The molecular formula is C26H29ClF2N6O6S2. The molecule has 43 heavy (non-hydrogen) atoms. The lowest BCUT2D eigenvalue weighted by atomic mass is 10.2. The molecule has 0 aliphatic carbocycles. The highest BCUT2D eigenvalue weighted by molar-refractivity contribution is 7.90. The molecule has 12 nitrogen and oxygen atoms in total. The topological polar surface area (TPSA) is 180 Å². The van der Waals surface area contributed by atoms with E-state index in [0.29, 0.717) is 5.56 Å². The van der Waals surface area contributed by atoms with Crippen LogP contribution in [0.25, 0.3) is 0 Å². The van der Waals surface area contributed by atoms with E-state index in [1.54, 1.807) is 25.1 Å². The Hall–Kier alpha value is -4.15. The van der Waals surface area contributed by atoms with Gasteiger partial charge in [-0.15, -0.1) is 12.4 Å². The van der Waals surface area contributed by atoms with Crippen molar-refractivity contribution in [3.8, 4) is 0 Å². The summed E-state index contributed by atoms with van der Waals surface area (Å²) in [6.07, 6.45) is 2.02. The molecule has 4 rings (SSSR count). The van der Waals surface area contributed by atoms with Crippen molar-refractivity contribution in [2.24, 2.45) is 5.73 Å². The number of sulfone groups is 2. The van der Waals surface area contributed by atoms with Gasteiger partial charge in [0.15, 0.2) is 35.4 Å². The number of hydrogen-bond donors (Lipinski definition) is 2. The molecule has 0 spiro atoms. The second-order valence-corrected chi connectivity index (χ2v) is 12.8. The molecule has 0 amide bonds. The van der Waals surface area contributed by atoms with Crippen molar-refractivity contribution < 1.29 is 35.1 Å². The Labute approximate surface area is 253 Å². The summed E-state index contributed by atoms with van der Waals surface area (Å²) < 4.78 is 81.4. The van der Waals surface area contributed by atoms with Crippen molar-refractivity contribution >= 4 is 43.9 Å². The second kappa shape index (κ2) is 14.3. The molecular weight excluding hydrogens is 630 g/mol. The van der Waals surface area contributed by atoms with Gasteiger partial charge in [-0.2, -0.15) is 10.2 Å². The van der Waals surface area contributed by atoms with Gasteiger partial charge in [0.1, 0.15) is 23.2 Å². The Bertz CT molecular complexity index is 1840. The van der Waals surface area contributed by atoms with Crippen LogP contribution in [-0.2, 0) is 37.5 Å². The number of rotatable bonds is 9. The molecule has 0 aliphatic heterocycles. The second-order valence-electron chi connectivity index (χ2n) is 8.91. The zero-order valence-electron chi connectivity index (χ0n) is 23.2. The van der Waals surface area contributed by atoms with Gasteiger partial charge in [0, 0.05) is 35.8 Å². The van der Waals surface area contributed by atoms with Gasteiger partial charge in [0.05, 0.1) is 19.7 Å². The molecule has 3 N–H and O–H groups in total. The third-order valence-electron chi connectivity index (χ3n) is 5.56. The average Bonchev–Trinajstić information content (AvgIpc) is 3.53. The summed E-state index contributed by atoms with van der Waals surface area (Å²) in [6.45, 7) is 1.62. The Morgan fingerprint density at radius 1 is 0.837 bits per heavy atom. The summed E-state index contributed by atoms with van der Waals surface area (Å²) in [7, 11) is -7.18. The van der Waals surface area contributed by atoms with E-state index in [1.165, 1.54) is 36.4 Å². The molecule has 0 bridgehead atoms. The van der Waals surface area contributed by atoms with Gasteiger partial charge in [0.2, 0.25) is 0 Å². The largest absolute Gasteiger partial charge is 0.461 e. The maximum atomic E-state index is 13.7. The first kappa shape index (κ1) is 35.0. The number of nitrogens with two attached hydrogens (primary N) is 1. The number of nitrogen functional groups attached to an aromatic ring is 1. The fourth-order valence-corrected chi connectivity index (χ4v) is 5.26. The van der Waals surface area contributed by atoms with E-state index in [9.17, 15) is 30.4 Å². The number of ether oxygens (including phenoxy) is 1. The molecule has 232 valence electrons. The van der Waals surface area contributed by atoms with E-state index in [-0.39, 0.29) is 64.9 Å². The molecule has 2 heterocycles. The number of benzene rings is 2. The highest BCUT2D eigenvalue weighted by Gasteiger charge is 2.22. The Balaban J connectivity index is 0.000000295. The lowest BCUT2D eigenvalue weighted by Gasteiger charge is -2.06. The smallest absolute Gasteiger partial charge is 0.358 e. The van der Waals surface area contributed by atoms with Crippen molar-refractivity contribution in [2.75, 3.05) is 19.1 Å². The van der Waals surface area contributed by atoms with Crippen LogP contribution in [0.3, 0.4) is 0 Å². The van der Waals surface area contributed by atoms with E-state index in [1.807, 2.05) is 0 Å². The van der Waals surface area contributed by atoms with Crippen LogP contribution >= 0.6 is 12.4 Å². The van der Waals surface area contributed by atoms with Crippen LogP contribution in [0.1, 0.15) is 34.2 Å². The number of aromatic nitrogens is 4. The number of amidine groups is 1. The fourth-order valence-electron chi connectivity index (χ4n) is 3.64. The molecule has 0 aliphatic rings. The number of carbonyl (C=O) groups is 1. The van der Waals surface area contributed by atoms with Crippen LogP contribution in [-0.4, -0.2) is 67.3 Å². The van der Waals surface area contributed by atoms with Crippen LogP contribution in [0.2, 0.25) is 0 Å². The normalized spacial score (nSPS) is 11.2. The molecule has 2 aromatic carbocycles. The zero-order chi connectivity index (χ0) is 31.2. The maximum Gasteiger partial charge on any atom is 0.358 e. The fraction of sp³-hybridized carbons (Fsp3) is 0.231. The standard InChI is InChI=1S/C14H15FN2O4S.C12H13FN4O2S.ClH/c1-3-21-14(18)12-8-13(22(2,19)20)17(16-12)9-10-6-4-5-7-11(10)15;1-20(18,19)11-6-10(12(14)15)16-17(11)7-8-4-2-3-5-9(8)13;/h4-8H,3,9H2,1-2H3;2-6H,7H2,1H3,(H3,14,15);1H. The van der Waals surface area contributed by atoms with E-state index in [2.05, 4.69) is 10.2 Å². The highest BCUT2D eigenvalue weighted by atomic mass is 35.5. The molecule has 17 heteroatoms. The Morgan fingerprint density at radius 3 is 1.60 bits per heavy atom. The number of hydrogen-bond acceptors (Lipinski definition) is 9. The van der Waals surface area contributed by atoms with Crippen LogP contribution < -0.4 is 5.73 Å². The van der Waals surface area contributed by atoms with Crippen LogP contribution in [0.4, 0.5) is 8.78 Å². The Morgan fingerprint density at radius 2 is 1.23 bits per heavy atom. The van der Waals surface area contributed by atoms with Crippen molar-refractivity contribution in [2.45, 2.75) is 30.1 Å². The molecule has 4 aromatic rings. The van der Waals surface area contributed by atoms with E-state index < -0.39 is 37.3 Å². The number of carbonyl (C=O) groups excluding carboxylic acids is 1. The molecule has 0 unspecified atom stereocenters. The van der Waals surface area contributed by atoms with Crippen molar-refractivity contribution in [3.05, 3.63) is 94.8 Å². The van der Waals surface area contributed by atoms with Gasteiger partial charge in [-0.1, -0.05) is 36.4 Å².